The molecule has 2 aromatic rings. The highest BCUT2D eigenvalue weighted by atomic mass is 32.1. The summed E-state index contributed by atoms with van der Waals surface area (Å²) in [6, 6.07) is 10.7. The van der Waals surface area contributed by atoms with Gasteiger partial charge in [0.1, 0.15) is 27.8 Å². The first-order valence-corrected chi connectivity index (χ1v) is 11.3. The summed E-state index contributed by atoms with van der Waals surface area (Å²) < 4.78 is 10.7. The highest BCUT2D eigenvalue weighted by Crippen LogP contribution is 2.24. The largest absolute Gasteiger partial charge is 0.426 e. The zero-order valence-corrected chi connectivity index (χ0v) is 20.0. The summed E-state index contributed by atoms with van der Waals surface area (Å²) in [7, 11) is 0. The van der Waals surface area contributed by atoms with E-state index in [0.717, 1.165) is 12.8 Å². The normalized spacial score (nSPS) is 10.3. The van der Waals surface area contributed by atoms with Crippen molar-refractivity contribution in [2.24, 2.45) is 5.73 Å². The van der Waals surface area contributed by atoms with E-state index in [1.165, 1.54) is 24.3 Å². The van der Waals surface area contributed by atoms with Crippen LogP contribution >= 0.6 is 12.2 Å². The van der Waals surface area contributed by atoms with Gasteiger partial charge in [-0.2, -0.15) is 0 Å². The van der Waals surface area contributed by atoms with Crippen LogP contribution in [0.5, 0.6) is 11.5 Å². The molecule has 0 spiro atoms. The molecule has 11 heteroatoms. The van der Waals surface area contributed by atoms with Crippen LogP contribution in [-0.4, -0.2) is 34.4 Å². The lowest BCUT2D eigenvalue weighted by atomic mass is 10.0. The zero-order valence-electron chi connectivity index (χ0n) is 19.2. The molecule has 0 saturated heterocycles. The Bertz CT molecular complexity index is 1090. The summed E-state index contributed by atoms with van der Waals surface area (Å²) in [6.07, 6.45) is 2.09. The molecule has 0 aromatic heterocycles. The maximum atomic E-state index is 12.9. The van der Waals surface area contributed by atoms with E-state index in [1.54, 1.807) is 18.2 Å². The van der Waals surface area contributed by atoms with Gasteiger partial charge in [0, 0.05) is 24.8 Å². The smallest absolute Gasteiger partial charge is 0.347 e. The van der Waals surface area contributed by atoms with Crippen molar-refractivity contribution in [3.63, 3.8) is 0 Å². The molecule has 0 heterocycles. The number of ketones is 1. The van der Waals surface area contributed by atoms with Gasteiger partial charge in [0.15, 0.2) is 0 Å². The second kappa shape index (κ2) is 13.8. The van der Waals surface area contributed by atoms with Gasteiger partial charge in [0.25, 0.3) is 5.09 Å². The SMILES string of the molecule is CCCCC(=O)Cc1ccc(OC(=O)CCCO[N+](=O)[O-])c(C(=O)Oc2ccc(C(N)=S)cc2)c1. The first kappa shape index (κ1) is 27.4. The number of rotatable bonds is 14. The maximum absolute atomic E-state index is 12.9. The van der Waals surface area contributed by atoms with Crippen LogP contribution in [0.4, 0.5) is 0 Å². The van der Waals surface area contributed by atoms with Crippen LogP contribution in [0.1, 0.15) is 60.5 Å². The van der Waals surface area contributed by atoms with Crippen LogP contribution in [0.25, 0.3) is 0 Å². The number of thiocarbonyl (C=S) groups is 1. The highest BCUT2D eigenvalue weighted by molar-refractivity contribution is 7.80. The monoisotopic (exact) mass is 502 g/mol. The van der Waals surface area contributed by atoms with Crippen molar-refractivity contribution in [1.82, 2.24) is 0 Å². The average molecular weight is 503 g/mol. The summed E-state index contributed by atoms with van der Waals surface area (Å²) in [5.74, 6) is -1.32. The lowest BCUT2D eigenvalue weighted by Gasteiger charge is -2.12. The summed E-state index contributed by atoms with van der Waals surface area (Å²) >= 11 is 4.91. The van der Waals surface area contributed by atoms with Gasteiger partial charge >= 0.3 is 11.9 Å². The predicted molar refractivity (Wildman–Crippen MR) is 130 cm³/mol. The minimum atomic E-state index is -0.951. The Balaban J connectivity index is 2.20. The molecule has 186 valence electrons. The van der Waals surface area contributed by atoms with E-state index >= 15 is 0 Å². The summed E-state index contributed by atoms with van der Waals surface area (Å²) in [6.45, 7) is 1.72. The van der Waals surface area contributed by atoms with Crippen molar-refractivity contribution < 1.29 is 33.8 Å². The first-order valence-electron chi connectivity index (χ1n) is 10.9. The summed E-state index contributed by atoms with van der Waals surface area (Å²) in [5.41, 5.74) is 6.70. The molecule has 10 nitrogen and oxygen atoms in total. The number of esters is 2. The van der Waals surface area contributed by atoms with E-state index in [4.69, 9.17) is 27.4 Å². The Kier molecular flexibility index (Phi) is 10.8. The number of Topliss-reactive ketones (excluding diaryl/α,β-unsaturated/α-hetero) is 1. The van der Waals surface area contributed by atoms with E-state index in [1.807, 2.05) is 6.92 Å². The molecule has 0 amide bonds. The molecule has 0 unspecified atom stereocenters. The quantitative estimate of drug-likeness (QED) is 0.101. The Morgan fingerprint density at radius 1 is 1.03 bits per heavy atom. The molecule has 0 aliphatic carbocycles. The molecule has 0 aliphatic rings. The van der Waals surface area contributed by atoms with Crippen LogP contribution in [0, 0.1) is 10.1 Å². The number of benzene rings is 2. The third-order valence-corrected chi connectivity index (χ3v) is 5.01. The molecule has 0 atom stereocenters. The van der Waals surface area contributed by atoms with Gasteiger partial charge in [-0.15, -0.1) is 10.1 Å². The lowest BCUT2D eigenvalue weighted by Crippen LogP contribution is -2.16. The second-order valence-corrected chi connectivity index (χ2v) is 8.00. The molecular formula is C24H26N2O8S. The van der Waals surface area contributed by atoms with E-state index in [-0.39, 0.29) is 53.7 Å². The Morgan fingerprint density at radius 3 is 2.37 bits per heavy atom. The Labute approximate surface area is 207 Å². The van der Waals surface area contributed by atoms with Crippen molar-refractivity contribution in [2.45, 2.75) is 45.4 Å². The van der Waals surface area contributed by atoms with Gasteiger partial charge in [0.2, 0.25) is 0 Å². The maximum Gasteiger partial charge on any atom is 0.347 e. The number of carbonyl (C=O) groups excluding carboxylic acids is 3. The van der Waals surface area contributed by atoms with Crippen molar-refractivity contribution in [2.75, 3.05) is 6.61 Å². The zero-order chi connectivity index (χ0) is 25.8. The molecule has 0 saturated carbocycles. The molecule has 2 N–H and O–H groups in total. The Morgan fingerprint density at radius 2 is 1.74 bits per heavy atom. The minimum Gasteiger partial charge on any atom is -0.426 e. The van der Waals surface area contributed by atoms with Crippen LogP contribution in [0.2, 0.25) is 0 Å². The van der Waals surface area contributed by atoms with Gasteiger partial charge in [-0.1, -0.05) is 31.6 Å². The summed E-state index contributed by atoms with van der Waals surface area (Å²) in [5, 5.41) is 9.25. The third-order valence-electron chi connectivity index (χ3n) is 4.77. The van der Waals surface area contributed by atoms with Gasteiger partial charge in [-0.3, -0.25) is 9.59 Å². The molecular weight excluding hydrogens is 476 g/mol. The van der Waals surface area contributed by atoms with Crippen molar-refractivity contribution >= 4 is 34.9 Å². The summed E-state index contributed by atoms with van der Waals surface area (Å²) in [4.78, 5) is 51.9. The van der Waals surface area contributed by atoms with Crippen molar-refractivity contribution in [3.8, 4) is 11.5 Å². The fourth-order valence-electron chi connectivity index (χ4n) is 3.00. The topological polar surface area (TPSA) is 148 Å². The minimum absolute atomic E-state index is 0.0232. The predicted octanol–water partition coefficient (Wildman–Crippen LogP) is 3.74. The van der Waals surface area contributed by atoms with Crippen LogP contribution in [0.3, 0.4) is 0 Å². The van der Waals surface area contributed by atoms with E-state index in [2.05, 4.69) is 4.84 Å². The molecule has 35 heavy (non-hydrogen) atoms. The highest BCUT2D eigenvalue weighted by Gasteiger charge is 2.19. The number of unbranched alkanes of at least 4 members (excludes halogenated alkanes) is 1. The standard InChI is InChI=1S/C24H26N2O8S/c1-2-3-5-18(27)14-16-7-12-21(34-22(28)6-4-13-32-26(30)31)20(15-16)24(29)33-19-10-8-17(9-11-19)23(25)35/h7-12,15H,2-6,13-14H2,1H3,(H2,25,35). The molecule has 0 bridgehead atoms. The van der Waals surface area contributed by atoms with E-state index in [9.17, 15) is 24.5 Å². The molecule has 0 aliphatic heterocycles. The number of nitrogens with zero attached hydrogens (tertiary/aromatic N) is 1. The third kappa shape index (κ3) is 9.49. The van der Waals surface area contributed by atoms with Gasteiger partial charge in [0.05, 0.1) is 6.61 Å². The van der Waals surface area contributed by atoms with Crippen LogP contribution in [-0.2, 0) is 20.8 Å². The molecule has 0 radical (unpaired) electrons. The molecule has 2 rings (SSSR count). The number of hydrogen-bond donors (Lipinski definition) is 1. The van der Waals surface area contributed by atoms with Crippen molar-refractivity contribution in [1.29, 1.82) is 0 Å². The van der Waals surface area contributed by atoms with Crippen LogP contribution < -0.4 is 15.2 Å². The average Bonchev–Trinajstić information content (AvgIpc) is 2.81. The van der Waals surface area contributed by atoms with Gasteiger partial charge in [-0.05, 0) is 54.8 Å². The number of nitrogens with two attached hydrogens (primary N) is 1. The van der Waals surface area contributed by atoms with Crippen LogP contribution in [0.15, 0.2) is 42.5 Å². The molecule has 0 fully saturated rings. The van der Waals surface area contributed by atoms with E-state index < -0.39 is 17.0 Å². The number of hydrogen-bond acceptors (Lipinski definition) is 9. The van der Waals surface area contributed by atoms with Crippen molar-refractivity contribution in [3.05, 3.63) is 69.3 Å². The van der Waals surface area contributed by atoms with E-state index in [0.29, 0.717) is 17.5 Å². The first-order chi connectivity index (χ1) is 16.7. The van der Waals surface area contributed by atoms with Gasteiger partial charge < -0.3 is 20.0 Å². The number of ether oxygens (including phenoxy) is 2. The molecule has 2 aromatic carbocycles. The fraction of sp³-hybridized carbons (Fsp3) is 0.333. The second-order valence-electron chi connectivity index (χ2n) is 7.56. The number of carbonyl (C=O) groups is 3. The lowest BCUT2D eigenvalue weighted by molar-refractivity contribution is -0.757. The Hall–Kier alpha value is -3.86. The van der Waals surface area contributed by atoms with Gasteiger partial charge in [-0.25, -0.2) is 4.79 Å². The fourth-order valence-corrected chi connectivity index (χ4v) is 3.14.